The van der Waals surface area contributed by atoms with Crippen LogP contribution in [0.15, 0.2) is 4.52 Å². The zero-order chi connectivity index (χ0) is 7.14. The van der Waals surface area contributed by atoms with E-state index in [4.69, 9.17) is 4.52 Å². The van der Waals surface area contributed by atoms with Gasteiger partial charge in [0, 0.05) is 12.1 Å². The molecule has 10 heavy (non-hydrogen) atoms. The van der Waals surface area contributed by atoms with Crippen LogP contribution < -0.4 is 0 Å². The average molecular weight is 138 g/mol. The molecule has 3 nitrogen and oxygen atoms in total. The number of hydrogen-bond acceptors (Lipinski definition) is 3. The summed E-state index contributed by atoms with van der Waals surface area (Å²) in [5.74, 6) is 1.04. The van der Waals surface area contributed by atoms with Gasteiger partial charge >= 0.3 is 0 Å². The minimum absolute atomic E-state index is 0.913. The van der Waals surface area contributed by atoms with E-state index in [1.54, 1.807) is 0 Å². The van der Waals surface area contributed by atoms with E-state index < -0.39 is 0 Å². The standard InChI is InChI=1S/C7H10N2O/c1-5-6-3-9(2)4-7(6)10-8-5/h3-4H2,1-2H3. The lowest BCUT2D eigenvalue weighted by molar-refractivity contribution is 0.297. The van der Waals surface area contributed by atoms with Gasteiger partial charge in [-0.15, -0.1) is 0 Å². The Morgan fingerprint density at radius 3 is 3.00 bits per heavy atom. The van der Waals surface area contributed by atoms with Crippen molar-refractivity contribution in [1.29, 1.82) is 0 Å². The van der Waals surface area contributed by atoms with Crippen molar-refractivity contribution in [3.8, 4) is 0 Å². The van der Waals surface area contributed by atoms with Crippen LogP contribution in [0.25, 0.3) is 0 Å². The maximum Gasteiger partial charge on any atom is 0.155 e. The van der Waals surface area contributed by atoms with Crippen LogP contribution in [0, 0.1) is 6.92 Å². The highest BCUT2D eigenvalue weighted by atomic mass is 16.5. The highest BCUT2D eigenvalue weighted by Crippen LogP contribution is 2.23. The topological polar surface area (TPSA) is 29.3 Å². The highest BCUT2D eigenvalue weighted by molar-refractivity contribution is 5.24. The molecule has 54 valence electrons. The number of hydrogen-bond donors (Lipinski definition) is 0. The lowest BCUT2D eigenvalue weighted by Crippen LogP contribution is -2.08. The van der Waals surface area contributed by atoms with Crippen molar-refractivity contribution in [2.24, 2.45) is 0 Å². The fourth-order valence-electron chi connectivity index (χ4n) is 1.33. The quantitative estimate of drug-likeness (QED) is 0.534. The van der Waals surface area contributed by atoms with Gasteiger partial charge in [-0.3, -0.25) is 4.90 Å². The SMILES string of the molecule is Cc1noc2c1CN(C)C2. The molecule has 0 radical (unpaired) electrons. The summed E-state index contributed by atoms with van der Waals surface area (Å²) in [5.41, 5.74) is 2.32. The average Bonchev–Trinajstić information content (AvgIpc) is 2.35. The summed E-state index contributed by atoms with van der Waals surface area (Å²) in [6.45, 7) is 3.89. The van der Waals surface area contributed by atoms with E-state index in [-0.39, 0.29) is 0 Å². The van der Waals surface area contributed by atoms with E-state index in [9.17, 15) is 0 Å². The van der Waals surface area contributed by atoms with Gasteiger partial charge in [0.15, 0.2) is 5.76 Å². The molecular weight excluding hydrogens is 128 g/mol. The second-order valence-electron chi connectivity index (χ2n) is 2.84. The largest absolute Gasteiger partial charge is 0.359 e. The molecule has 0 saturated heterocycles. The van der Waals surface area contributed by atoms with E-state index in [0.29, 0.717) is 0 Å². The van der Waals surface area contributed by atoms with Gasteiger partial charge < -0.3 is 4.52 Å². The molecule has 1 aromatic rings. The lowest BCUT2D eigenvalue weighted by atomic mass is 10.2. The van der Waals surface area contributed by atoms with Crippen LogP contribution in [-0.4, -0.2) is 17.1 Å². The molecule has 1 aliphatic rings. The third-order valence-electron chi connectivity index (χ3n) is 1.91. The first-order valence-electron chi connectivity index (χ1n) is 3.40. The second kappa shape index (κ2) is 1.83. The molecule has 0 atom stereocenters. The van der Waals surface area contributed by atoms with Crippen molar-refractivity contribution in [3.05, 3.63) is 17.0 Å². The summed E-state index contributed by atoms with van der Waals surface area (Å²) < 4.78 is 5.09. The third kappa shape index (κ3) is 0.671. The van der Waals surface area contributed by atoms with Gasteiger partial charge in [-0.1, -0.05) is 5.16 Å². The molecule has 2 rings (SSSR count). The molecule has 0 fully saturated rings. The Hall–Kier alpha value is -0.830. The Morgan fingerprint density at radius 2 is 2.30 bits per heavy atom. The molecule has 0 aliphatic carbocycles. The van der Waals surface area contributed by atoms with E-state index >= 15 is 0 Å². The van der Waals surface area contributed by atoms with Crippen molar-refractivity contribution < 1.29 is 4.52 Å². The van der Waals surface area contributed by atoms with Gasteiger partial charge in [0.25, 0.3) is 0 Å². The van der Waals surface area contributed by atoms with Gasteiger partial charge in [-0.2, -0.15) is 0 Å². The van der Waals surface area contributed by atoms with E-state index in [1.165, 1.54) is 5.56 Å². The van der Waals surface area contributed by atoms with Crippen LogP contribution in [0.1, 0.15) is 17.0 Å². The Morgan fingerprint density at radius 1 is 1.50 bits per heavy atom. The van der Waals surface area contributed by atoms with Crippen molar-refractivity contribution >= 4 is 0 Å². The maximum atomic E-state index is 5.09. The molecule has 1 aromatic heterocycles. The van der Waals surface area contributed by atoms with Crippen molar-refractivity contribution in [1.82, 2.24) is 10.1 Å². The molecule has 0 aromatic carbocycles. The number of fused-ring (bicyclic) bond motifs is 1. The zero-order valence-corrected chi connectivity index (χ0v) is 6.22. The van der Waals surface area contributed by atoms with Crippen LogP contribution in [0.5, 0.6) is 0 Å². The smallest absolute Gasteiger partial charge is 0.155 e. The summed E-state index contributed by atoms with van der Waals surface area (Å²) in [7, 11) is 2.08. The molecule has 0 bridgehead atoms. The second-order valence-corrected chi connectivity index (χ2v) is 2.84. The minimum Gasteiger partial charge on any atom is -0.359 e. The fraction of sp³-hybridized carbons (Fsp3) is 0.571. The maximum absolute atomic E-state index is 5.09. The van der Waals surface area contributed by atoms with E-state index in [2.05, 4.69) is 17.1 Å². The van der Waals surface area contributed by atoms with Crippen LogP contribution in [0.3, 0.4) is 0 Å². The first-order chi connectivity index (χ1) is 4.77. The molecule has 0 N–H and O–H groups in total. The number of rotatable bonds is 0. The normalized spacial score (nSPS) is 17.8. The van der Waals surface area contributed by atoms with E-state index in [1.807, 2.05) is 6.92 Å². The van der Waals surface area contributed by atoms with Gasteiger partial charge in [0.1, 0.15) is 0 Å². The van der Waals surface area contributed by atoms with Crippen LogP contribution in [-0.2, 0) is 13.1 Å². The lowest BCUT2D eigenvalue weighted by Gasteiger charge is -2.03. The zero-order valence-electron chi connectivity index (χ0n) is 6.22. The summed E-state index contributed by atoms with van der Waals surface area (Å²) >= 11 is 0. The van der Waals surface area contributed by atoms with Gasteiger partial charge in [-0.05, 0) is 14.0 Å². The molecule has 0 saturated carbocycles. The van der Waals surface area contributed by atoms with Crippen molar-refractivity contribution in [2.45, 2.75) is 20.0 Å². The Kier molecular flexibility index (Phi) is 1.08. The molecule has 3 heteroatoms. The van der Waals surface area contributed by atoms with Gasteiger partial charge in [-0.25, -0.2) is 0 Å². The number of aryl methyl sites for hydroxylation is 1. The van der Waals surface area contributed by atoms with Crippen molar-refractivity contribution in [3.63, 3.8) is 0 Å². The molecule has 0 amide bonds. The van der Waals surface area contributed by atoms with E-state index in [0.717, 1.165) is 24.5 Å². The van der Waals surface area contributed by atoms with Crippen LogP contribution in [0.4, 0.5) is 0 Å². The highest BCUT2D eigenvalue weighted by Gasteiger charge is 2.22. The molecule has 1 aliphatic heterocycles. The summed E-state index contributed by atoms with van der Waals surface area (Å²) in [5, 5.41) is 3.87. The molecule has 0 unspecified atom stereocenters. The van der Waals surface area contributed by atoms with Crippen molar-refractivity contribution in [2.75, 3.05) is 7.05 Å². The monoisotopic (exact) mass is 138 g/mol. The molecular formula is C7H10N2O. The Labute approximate surface area is 59.6 Å². The summed E-state index contributed by atoms with van der Waals surface area (Å²) in [6, 6.07) is 0. The first-order valence-corrected chi connectivity index (χ1v) is 3.40. The first kappa shape index (κ1) is 5.92. The van der Waals surface area contributed by atoms with Gasteiger partial charge in [0.2, 0.25) is 0 Å². The summed E-state index contributed by atoms with van der Waals surface area (Å²) in [4.78, 5) is 2.21. The molecule has 2 heterocycles. The fourth-order valence-corrected chi connectivity index (χ4v) is 1.33. The predicted molar refractivity (Wildman–Crippen MR) is 36.4 cm³/mol. The van der Waals surface area contributed by atoms with Crippen LogP contribution >= 0.6 is 0 Å². The minimum atomic E-state index is 0.913. The third-order valence-corrected chi connectivity index (χ3v) is 1.91. The Bertz CT molecular complexity index is 254. The number of nitrogens with zero attached hydrogens (tertiary/aromatic N) is 2. The number of aromatic nitrogens is 1. The summed E-state index contributed by atoms with van der Waals surface area (Å²) in [6.07, 6.45) is 0. The predicted octanol–water partition coefficient (Wildman–Crippen LogP) is 0.928. The molecule has 0 spiro atoms. The Balaban J connectivity index is 2.44. The van der Waals surface area contributed by atoms with Crippen LogP contribution in [0.2, 0.25) is 0 Å². The van der Waals surface area contributed by atoms with Gasteiger partial charge in [0.05, 0.1) is 12.2 Å².